The van der Waals surface area contributed by atoms with Crippen LogP contribution in [0.3, 0.4) is 0 Å². The predicted molar refractivity (Wildman–Crippen MR) is 93.2 cm³/mol. The molecule has 0 saturated heterocycles. The molecule has 2 unspecified atom stereocenters. The van der Waals surface area contributed by atoms with Crippen molar-refractivity contribution < 1.29 is 4.79 Å². The second-order valence-electron chi connectivity index (χ2n) is 6.08. The molecule has 2 aromatic carbocycles. The van der Waals surface area contributed by atoms with E-state index in [1.54, 1.807) is 0 Å². The summed E-state index contributed by atoms with van der Waals surface area (Å²) in [5.41, 5.74) is 4.29. The number of rotatable bonds is 5. The molecule has 0 aliphatic rings. The van der Waals surface area contributed by atoms with Crippen molar-refractivity contribution in [2.75, 3.05) is 5.32 Å². The van der Waals surface area contributed by atoms with Crippen LogP contribution in [0.1, 0.15) is 42.9 Å². The maximum Gasteiger partial charge on any atom is 0.232 e. The summed E-state index contributed by atoms with van der Waals surface area (Å²) in [7, 11) is 0. The fraction of sp³-hybridized carbons (Fsp3) is 0.350. The van der Waals surface area contributed by atoms with Gasteiger partial charge in [-0.05, 0) is 37.0 Å². The lowest BCUT2D eigenvalue weighted by Gasteiger charge is -2.23. The number of amides is 1. The van der Waals surface area contributed by atoms with Crippen molar-refractivity contribution in [3.63, 3.8) is 0 Å². The monoisotopic (exact) mass is 295 g/mol. The van der Waals surface area contributed by atoms with E-state index in [1.807, 2.05) is 49.4 Å². The zero-order chi connectivity index (χ0) is 16.1. The van der Waals surface area contributed by atoms with Crippen molar-refractivity contribution in [3.8, 4) is 0 Å². The Morgan fingerprint density at radius 2 is 1.77 bits per heavy atom. The molecule has 22 heavy (non-hydrogen) atoms. The van der Waals surface area contributed by atoms with Crippen molar-refractivity contribution >= 4 is 11.6 Å². The molecule has 2 atom stereocenters. The molecule has 0 aliphatic carbocycles. The van der Waals surface area contributed by atoms with Crippen LogP contribution >= 0.6 is 0 Å². The highest BCUT2D eigenvalue weighted by molar-refractivity contribution is 5.96. The second kappa shape index (κ2) is 7.26. The summed E-state index contributed by atoms with van der Waals surface area (Å²) in [5, 5.41) is 3.11. The molecular weight excluding hydrogens is 270 g/mol. The van der Waals surface area contributed by atoms with E-state index in [0.29, 0.717) is 5.92 Å². The van der Waals surface area contributed by atoms with E-state index in [-0.39, 0.29) is 11.8 Å². The van der Waals surface area contributed by atoms with Gasteiger partial charge in [0.2, 0.25) is 5.91 Å². The molecule has 0 bridgehead atoms. The molecule has 0 aliphatic heterocycles. The molecule has 0 aromatic heterocycles. The van der Waals surface area contributed by atoms with E-state index in [2.05, 4.69) is 32.2 Å². The molecule has 2 nitrogen and oxygen atoms in total. The van der Waals surface area contributed by atoms with Crippen molar-refractivity contribution in [1.29, 1.82) is 0 Å². The first-order chi connectivity index (χ1) is 10.5. The standard InChI is InChI=1S/C20H25NO/c1-5-15(3)19(17-9-7-6-8-10-17)20(22)21-18-12-11-14(2)13-16(18)4/h6-13,15,19H,5H2,1-4H3,(H,21,22). The van der Waals surface area contributed by atoms with Crippen LogP contribution < -0.4 is 5.32 Å². The molecule has 0 radical (unpaired) electrons. The molecule has 1 N–H and O–H groups in total. The number of benzene rings is 2. The Labute approximate surface area is 133 Å². The minimum Gasteiger partial charge on any atom is -0.325 e. The molecule has 1 amide bonds. The molecule has 0 fully saturated rings. The third-order valence-electron chi connectivity index (χ3n) is 4.29. The summed E-state index contributed by atoms with van der Waals surface area (Å²) in [6.45, 7) is 8.36. The summed E-state index contributed by atoms with van der Waals surface area (Å²) in [6, 6.07) is 16.2. The van der Waals surface area contributed by atoms with Crippen LogP contribution in [0.5, 0.6) is 0 Å². The summed E-state index contributed by atoms with van der Waals surface area (Å²) in [4.78, 5) is 12.8. The van der Waals surface area contributed by atoms with Gasteiger partial charge >= 0.3 is 0 Å². The van der Waals surface area contributed by atoms with Crippen LogP contribution in [0.25, 0.3) is 0 Å². The van der Waals surface area contributed by atoms with Crippen LogP contribution in [-0.4, -0.2) is 5.91 Å². The van der Waals surface area contributed by atoms with Gasteiger partial charge in [0.1, 0.15) is 0 Å². The van der Waals surface area contributed by atoms with Gasteiger partial charge < -0.3 is 5.32 Å². The zero-order valence-electron chi connectivity index (χ0n) is 13.9. The lowest BCUT2D eigenvalue weighted by molar-refractivity contribution is -0.118. The average Bonchev–Trinajstić information content (AvgIpc) is 2.51. The van der Waals surface area contributed by atoms with Gasteiger partial charge in [-0.3, -0.25) is 4.79 Å². The van der Waals surface area contributed by atoms with Crippen molar-refractivity contribution in [2.24, 2.45) is 5.92 Å². The largest absolute Gasteiger partial charge is 0.325 e. The summed E-state index contributed by atoms with van der Waals surface area (Å²) >= 11 is 0. The highest BCUT2D eigenvalue weighted by Gasteiger charge is 2.26. The van der Waals surface area contributed by atoms with E-state index in [4.69, 9.17) is 0 Å². The van der Waals surface area contributed by atoms with E-state index < -0.39 is 0 Å². The molecular formula is C20H25NO. The first-order valence-corrected chi connectivity index (χ1v) is 7.96. The van der Waals surface area contributed by atoms with Gasteiger partial charge in [-0.1, -0.05) is 68.3 Å². The van der Waals surface area contributed by atoms with Crippen LogP contribution in [0.15, 0.2) is 48.5 Å². The van der Waals surface area contributed by atoms with Gasteiger partial charge in [0.25, 0.3) is 0 Å². The molecule has 0 heterocycles. The highest BCUT2D eigenvalue weighted by atomic mass is 16.1. The van der Waals surface area contributed by atoms with Crippen LogP contribution in [0, 0.1) is 19.8 Å². The smallest absolute Gasteiger partial charge is 0.232 e. The number of carbonyl (C=O) groups is 1. The molecule has 0 saturated carbocycles. The number of carbonyl (C=O) groups excluding carboxylic acids is 1. The number of nitrogens with one attached hydrogen (secondary N) is 1. The summed E-state index contributed by atoms with van der Waals surface area (Å²) in [5.74, 6) is 0.257. The van der Waals surface area contributed by atoms with E-state index in [1.165, 1.54) is 5.56 Å². The Morgan fingerprint density at radius 1 is 1.09 bits per heavy atom. The predicted octanol–water partition coefficient (Wildman–Crippen LogP) is 5.07. The quantitative estimate of drug-likeness (QED) is 0.819. The van der Waals surface area contributed by atoms with Crippen LogP contribution in [0.2, 0.25) is 0 Å². The minimum atomic E-state index is -0.119. The lowest BCUT2D eigenvalue weighted by Crippen LogP contribution is -2.26. The van der Waals surface area contributed by atoms with Gasteiger partial charge in [0.15, 0.2) is 0 Å². The molecule has 2 heteroatoms. The third-order valence-corrected chi connectivity index (χ3v) is 4.29. The maximum absolute atomic E-state index is 12.8. The topological polar surface area (TPSA) is 29.1 Å². The van der Waals surface area contributed by atoms with Gasteiger partial charge in [0, 0.05) is 5.69 Å². The Hall–Kier alpha value is -2.09. The SMILES string of the molecule is CCC(C)C(C(=O)Nc1ccc(C)cc1C)c1ccccc1. The lowest BCUT2D eigenvalue weighted by atomic mass is 9.85. The van der Waals surface area contributed by atoms with Gasteiger partial charge in [-0.25, -0.2) is 0 Å². The van der Waals surface area contributed by atoms with Crippen molar-refractivity contribution in [1.82, 2.24) is 0 Å². The van der Waals surface area contributed by atoms with E-state index >= 15 is 0 Å². The second-order valence-corrected chi connectivity index (χ2v) is 6.08. The molecule has 2 aromatic rings. The summed E-state index contributed by atoms with van der Waals surface area (Å²) < 4.78 is 0. The summed E-state index contributed by atoms with van der Waals surface area (Å²) in [6.07, 6.45) is 0.972. The van der Waals surface area contributed by atoms with Gasteiger partial charge in [0.05, 0.1) is 5.92 Å². The third kappa shape index (κ3) is 3.76. The first kappa shape index (κ1) is 16.3. The minimum absolute atomic E-state index is 0.0764. The molecule has 116 valence electrons. The van der Waals surface area contributed by atoms with E-state index in [0.717, 1.165) is 23.2 Å². The maximum atomic E-state index is 12.8. The number of aryl methyl sites for hydroxylation is 2. The zero-order valence-corrected chi connectivity index (χ0v) is 13.9. The molecule has 2 rings (SSSR count). The Bertz CT molecular complexity index is 633. The Morgan fingerprint density at radius 3 is 2.36 bits per heavy atom. The highest BCUT2D eigenvalue weighted by Crippen LogP contribution is 2.29. The number of hydrogen-bond acceptors (Lipinski definition) is 1. The first-order valence-electron chi connectivity index (χ1n) is 7.96. The van der Waals surface area contributed by atoms with Crippen molar-refractivity contribution in [2.45, 2.75) is 40.0 Å². The fourth-order valence-electron chi connectivity index (χ4n) is 2.80. The van der Waals surface area contributed by atoms with Crippen molar-refractivity contribution in [3.05, 3.63) is 65.2 Å². The Balaban J connectivity index is 2.26. The Kier molecular flexibility index (Phi) is 5.37. The van der Waals surface area contributed by atoms with E-state index in [9.17, 15) is 4.79 Å². The van der Waals surface area contributed by atoms with Crippen LogP contribution in [-0.2, 0) is 4.79 Å². The molecule has 0 spiro atoms. The van der Waals surface area contributed by atoms with Gasteiger partial charge in [-0.2, -0.15) is 0 Å². The van der Waals surface area contributed by atoms with Crippen LogP contribution in [0.4, 0.5) is 5.69 Å². The normalized spacial score (nSPS) is 13.5. The van der Waals surface area contributed by atoms with Gasteiger partial charge in [-0.15, -0.1) is 0 Å². The number of hydrogen-bond donors (Lipinski definition) is 1. The number of anilines is 1. The fourth-order valence-corrected chi connectivity index (χ4v) is 2.80. The average molecular weight is 295 g/mol.